The van der Waals surface area contributed by atoms with Crippen LogP contribution in [0.4, 0.5) is 5.69 Å². The van der Waals surface area contributed by atoms with Gasteiger partial charge in [0.05, 0.1) is 17.1 Å². The number of likely N-dealkylation sites (N-methyl/N-ethyl adjacent to an activating group) is 1. The summed E-state index contributed by atoms with van der Waals surface area (Å²) in [5.74, 6) is -0.732. The summed E-state index contributed by atoms with van der Waals surface area (Å²) in [5, 5.41) is 2.78. The lowest BCUT2D eigenvalue weighted by Gasteiger charge is -2.32. The lowest BCUT2D eigenvalue weighted by atomic mass is 9.96. The summed E-state index contributed by atoms with van der Waals surface area (Å²) in [6.45, 7) is 0.498. The maximum atomic E-state index is 12.7. The number of carbonyl (C=O) groups is 2. The van der Waals surface area contributed by atoms with Gasteiger partial charge in [0.2, 0.25) is 21.8 Å². The molecular weight excluding hydrogens is 470 g/mol. The summed E-state index contributed by atoms with van der Waals surface area (Å²) in [6.07, 6.45) is 0.863. The van der Waals surface area contributed by atoms with E-state index in [0.717, 1.165) is 4.47 Å². The Hall–Kier alpha value is -2.23. The minimum Gasteiger partial charge on any atom is -0.336 e. The second kappa shape index (κ2) is 9.72. The summed E-state index contributed by atoms with van der Waals surface area (Å²) in [5.41, 5.74) is 0.641. The largest absolute Gasteiger partial charge is 0.336 e. The maximum Gasteiger partial charge on any atom is 0.244 e. The number of benzene rings is 2. The molecule has 1 N–H and O–H groups in total. The van der Waals surface area contributed by atoms with Crippen molar-refractivity contribution in [1.82, 2.24) is 9.21 Å². The van der Waals surface area contributed by atoms with Gasteiger partial charge in [-0.3, -0.25) is 9.59 Å². The zero-order valence-corrected chi connectivity index (χ0v) is 19.0. The number of carbonyl (C=O) groups excluding carboxylic acids is 2. The van der Waals surface area contributed by atoms with Crippen molar-refractivity contribution < 1.29 is 18.0 Å². The molecule has 1 fully saturated rings. The van der Waals surface area contributed by atoms with Crippen LogP contribution in [-0.2, 0) is 19.6 Å². The molecule has 30 heavy (non-hydrogen) atoms. The van der Waals surface area contributed by atoms with Gasteiger partial charge in [0.15, 0.2) is 0 Å². The zero-order chi connectivity index (χ0) is 21.7. The highest BCUT2D eigenvalue weighted by Gasteiger charge is 2.33. The summed E-state index contributed by atoms with van der Waals surface area (Å²) in [4.78, 5) is 26.7. The van der Waals surface area contributed by atoms with Crippen LogP contribution in [0.1, 0.15) is 12.8 Å². The molecule has 1 saturated heterocycles. The average Bonchev–Trinajstić information content (AvgIpc) is 2.75. The molecule has 2 amide bonds. The lowest BCUT2D eigenvalue weighted by Crippen LogP contribution is -2.45. The SMILES string of the molecule is CN(CC(=O)Nc1ccccc1Br)C(=O)C1CCN(S(=O)(=O)c2ccccc2)CC1. The van der Waals surface area contributed by atoms with E-state index in [2.05, 4.69) is 21.2 Å². The number of piperidine rings is 1. The molecule has 0 aliphatic carbocycles. The Bertz CT molecular complexity index is 1010. The monoisotopic (exact) mass is 493 g/mol. The topological polar surface area (TPSA) is 86.8 Å². The molecule has 2 aromatic carbocycles. The molecule has 2 aromatic rings. The first kappa shape index (κ1) is 22.5. The van der Waals surface area contributed by atoms with Crippen LogP contribution in [0.5, 0.6) is 0 Å². The Morgan fingerprint density at radius 1 is 1.07 bits per heavy atom. The first-order valence-corrected chi connectivity index (χ1v) is 11.9. The van der Waals surface area contributed by atoms with Gasteiger partial charge in [0.25, 0.3) is 0 Å². The van der Waals surface area contributed by atoms with Crippen molar-refractivity contribution in [3.63, 3.8) is 0 Å². The summed E-state index contributed by atoms with van der Waals surface area (Å²) >= 11 is 3.37. The van der Waals surface area contributed by atoms with Crippen molar-refractivity contribution >= 4 is 43.5 Å². The molecule has 0 aromatic heterocycles. The molecule has 160 valence electrons. The van der Waals surface area contributed by atoms with Crippen LogP contribution in [0.3, 0.4) is 0 Å². The number of anilines is 1. The van der Waals surface area contributed by atoms with Crippen LogP contribution in [0.2, 0.25) is 0 Å². The molecule has 3 rings (SSSR count). The summed E-state index contributed by atoms with van der Waals surface area (Å²) < 4.78 is 27.6. The number of sulfonamides is 1. The van der Waals surface area contributed by atoms with E-state index in [1.54, 1.807) is 43.4 Å². The van der Waals surface area contributed by atoms with Crippen molar-refractivity contribution in [1.29, 1.82) is 0 Å². The number of amides is 2. The minimum absolute atomic E-state index is 0.0668. The molecule has 7 nitrogen and oxygen atoms in total. The smallest absolute Gasteiger partial charge is 0.244 e. The Balaban J connectivity index is 1.53. The van der Waals surface area contributed by atoms with Gasteiger partial charge in [-0.15, -0.1) is 0 Å². The number of halogens is 1. The molecular formula is C21H24BrN3O4S. The van der Waals surface area contributed by atoms with Crippen LogP contribution < -0.4 is 5.32 Å². The fourth-order valence-electron chi connectivity index (χ4n) is 3.44. The first-order chi connectivity index (χ1) is 14.3. The molecule has 0 radical (unpaired) electrons. The van der Waals surface area contributed by atoms with Crippen LogP contribution in [0, 0.1) is 5.92 Å². The molecule has 0 atom stereocenters. The van der Waals surface area contributed by atoms with Crippen molar-refractivity contribution in [3.05, 3.63) is 59.1 Å². The predicted octanol–water partition coefficient (Wildman–Crippen LogP) is 2.95. The van der Waals surface area contributed by atoms with Crippen molar-refractivity contribution in [2.24, 2.45) is 5.92 Å². The van der Waals surface area contributed by atoms with Gasteiger partial charge < -0.3 is 10.2 Å². The fraction of sp³-hybridized carbons (Fsp3) is 0.333. The molecule has 1 aliphatic rings. The molecule has 9 heteroatoms. The normalized spacial score (nSPS) is 15.5. The highest BCUT2D eigenvalue weighted by molar-refractivity contribution is 9.10. The Kier molecular flexibility index (Phi) is 7.27. The molecule has 0 bridgehead atoms. The number of hydrogen-bond donors (Lipinski definition) is 1. The minimum atomic E-state index is -3.55. The number of nitrogens with zero attached hydrogens (tertiary/aromatic N) is 2. The van der Waals surface area contributed by atoms with E-state index in [1.165, 1.54) is 9.21 Å². The van der Waals surface area contributed by atoms with Crippen molar-refractivity contribution in [3.8, 4) is 0 Å². The fourth-order valence-corrected chi connectivity index (χ4v) is 5.32. The first-order valence-electron chi connectivity index (χ1n) is 9.63. The second-order valence-corrected chi connectivity index (χ2v) is 10.0. The van der Waals surface area contributed by atoms with Gasteiger partial charge in [-0.05, 0) is 53.0 Å². The highest BCUT2D eigenvalue weighted by atomic mass is 79.9. The highest BCUT2D eigenvalue weighted by Crippen LogP contribution is 2.25. The van der Waals surface area contributed by atoms with E-state index in [4.69, 9.17) is 0 Å². The quantitative estimate of drug-likeness (QED) is 0.669. The van der Waals surface area contributed by atoms with Gasteiger partial charge in [0.1, 0.15) is 0 Å². The molecule has 0 saturated carbocycles. The zero-order valence-electron chi connectivity index (χ0n) is 16.6. The van der Waals surface area contributed by atoms with E-state index in [1.807, 2.05) is 18.2 Å². The summed E-state index contributed by atoms with van der Waals surface area (Å²) in [6, 6.07) is 15.6. The standard InChI is InChI=1S/C21H24BrN3O4S/c1-24(15-20(26)23-19-10-6-5-9-18(19)22)21(27)16-11-13-25(14-12-16)30(28,29)17-7-3-2-4-8-17/h2-10,16H,11-15H2,1H3,(H,23,26). The number of rotatable bonds is 6. The third-order valence-corrected chi connectivity index (χ3v) is 7.69. The van der Waals surface area contributed by atoms with Crippen molar-refractivity contribution in [2.45, 2.75) is 17.7 Å². The molecule has 0 spiro atoms. The molecule has 1 heterocycles. The Labute approximate surface area is 185 Å². The van der Waals surface area contributed by atoms with Gasteiger partial charge in [-0.1, -0.05) is 30.3 Å². The van der Waals surface area contributed by atoms with E-state index in [0.29, 0.717) is 18.5 Å². The maximum absolute atomic E-state index is 12.7. The van der Waals surface area contributed by atoms with E-state index in [9.17, 15) is 18.0 Å². The van der Waals surface area contributed by atoms with Crippen LogP contribution >= 0.6 is 15.9 Å². The van der Waals surface area contributed by atoms with Gasteiger partial charge in [-0.2, -0.15) is 4.31 Å². The third-order valence-electron chi connectivity index (χ3n) is 5.09. The van der Waals surface area contributed by atoms with Crippen molar-refractivity contribution in [2.75, 3.05) is 32.0 Å². The Morgan fingerprint density at radius 2 is 1.67 bits per heavy atom. The van der Waals surface area contributed by atoms with Crippen LogP contribution in [0.25, 0.3) is 0 Å². The predicted molar refractivity (Wildman–Crippen MR) is 118 cm³/mol. The number of hydrogen-bond acceptors (Lipinski definition) is 4. The summed E-state index contributed by atoms with van der Waals surface area (Å²) in [7, 11) is -1.96. The average molecular weight is 494 g/mol. The van der Waals surface area contributed by atoms with Crippen LogP contribution in [0.15, 0.2) is 64.0 Å². The third kappa shape index (κ3) is 5.27. The van der Waals surface area contributed by atoms with Crippen LogP contribution in [-0.4, -0.2) is 56.1 Å². The number of nitrogens with one attached hydrogen (secondary N) is 1. The van der Waals surface area contributed by atoms with E-state index < -0.39 is 10.0 Å². The second-order valence-electron chi connectivity index (χ2n) is 7.21. The van der Waals surface area contributed by atoms with Gasteiger partial charge >= 0.3 is 0 Å². The number of para-hydroxylation sites is 1. The van der Waals surface area contributed by atoms with E-state index in [-0.39, 0.29) is 42.3 Å². The lowest BCUT2D eigenvalue weighted by molar-refractivity contribution is -0.138. The van der Waals surface area contributed by atoms with E-state index >= 15 is 0 Å². The van der Waals surface area contributed by atoms with Gasteiger partial charge in [0, 0.05) is 30.5 Å². The Morgan fingerprint density at radius 3 is 2.30 bits per heavy atom. The molecule has 1 aliphatic heterocycles. The van der Waals surface area contributed by atoms with Gasteiger partial charge in [-0.25, -0.2) is 8.42 Å². The molecule has 0 unspecified atom stereocenters.